The number of ether oxygens (including phenoxy) is 1. The molecule has 0 aromatic heterocycles. The lowest BCUT2D eigenvalue weighted by Gasteiger charge is -2.37. The van der Waals surface area contributed by atoms with Crippen LogP contribution in [-0.4, -0.2) is 19.7 Å². The molecule has 1 N–H and O–H groups in total. The van der Waals surface area contributed by atoms with E-state index in [1.807, 2.05) is 37.1 Å². The highest BCUT2D eigenvalue weighted by atomic mass is 127. The van der Waals surface area contributed by atoms with Crippen LogP contribution in [-0.2, 0) is 6.18 Å². The van der Waals surface area contributed by atoms with Gasteiger partial charge in [-0.25, -0.2) is 0 Å². The summed E-state index contributed by atoms with van der Waals surface area (Å²) in [6.07, 6.45) is -1.70. The Balaban J connectivity index is 2.81. The first kappa shape index (κ1) is 21.5. The predicted molar refractivity (Wildman–Crippen MR) is 102 cm³/mol. The SMILES string of the molecule is CC(C)(C[C@H](/C=C/I)COc1cccc(C(F)(F)F)c1)[Si](C)(C)O. The van der Waals surface area contributed by atoms with E-state index in [1.165, 1.54) is 12.1 Å². The van der Waals surface area contributed by atoms with Crippen LogP contribution in [0.2, 0.25) is 18.1 Å². The lowest BCUT2D eigenvalue weighted by Crippen LogP contribution is -2.40. The van der Waals surface area contributed by atoms with Gasteiger partial charge >= 0.3 is 6.18 Å². The van der Waals surface area contributed by atoms with Crippen LogP contribution in [0.15, 0.2) is 34.4 Å². The summed E-state index contributed by atoms with van der Waals surface area (Å²) in [7, 11) is -2.36. The van der Waals surface area contributed by atoms with Gasteiger partial charge in [0, 0.05) is 5.92 Å². The summed E-state index contributed by atoms with van der Waals surface area (Å²) in [5.74, 6) is 0.223. The van der Waals surface area contributed by atoms with Gasteiger partial charge in [0.05, 0.1) is 12.2 Å². The van der Waals surface area contributed by atoms with Crippen LogP contribution >= 0.6 is 22.6 Å². The highest BCUT2D eigenvalue weighted by molar-refractivity contribution is 14.1. The Kier molecular flexibility index (Phi) is 7.37. The molecule has 0 aliphatic carbocycles. The highest BCUT2D eigenvalue weighted by Crippen LogP contribution is 2.42. The summed E-state index contributed by atoms with van der Waals surface area (Å²) in [5.41, 5.74) is -0.717. The molecule has 136 valence electrons. The summed E-state index contributed by atoms with van der Waals surface area (Å²) >= 11 is 2.11. The van der Waals surface area contributed by atoms with Crippen molar-refractivity contribution < 1.29 is 22.7 Å². The van der Waals surface area contributed by atoms with Crippen molar-refractivity contribution in [3.8, 4) is 5.75 Å². The van der Waals surface area contributed by atoms with Gasteiger partial charge in [-0.2, -0.15) is 13.2 Å². The van der Waals surface area contributed by atoms with Gasteiger partial charge in [0.2, 0.25) is 0 Å². The van der Waals surface area contributed by atoms with Crippen LogP contribution in [0.5, 0.6) is 5.75 Å². The average molecular weight is 472 g/mol. The zero-order valence-corrected chi connectivity index (χ0v) is 17.5. The molecule has 0 radical (unpaired) electrons. The molecule has 0 amide bonds. The summed E-state index contributed by atoms with van der Waals surface area (Å²) in [4.78, 5) is 10.4. The number of alkyl halides is 3. The second-order valence-electron chi connectivity index (χ2n) is 7.06. The third-order valence-corrected chi connectivity index (χ3v) is 8.33. The molecule has 0 bridgehead atoms. The Labute approximate surface area is 156 Å². The van der Waals surface area contributed by atoms with E-state index in [-0.39, 0.29) is 23.3 Å². The maximum atomic E-state index is 12.8. The summed E-state index contributed by atoms with van der Waals surface area (Å²) < 4.78 is 45.7. The second kappa shape index (κ2) is 8.22. The highest BCUT2D eigenvalue weighted by Gasteiger charge is 2.39. The van der Waals surface area contributed by atoms with Crippen molar-refractivity contribution in [3.05, 3.63) is 40.0 Å². The van der Waals surface area contributed by atoms with Gasteiger partial charge in [-0.1, -0.05) is 48.6 Å². The molecule has 0 unspecified atom stereocenters. The molecule has 1 aromatic rings. The molecule has 0 saturated carbocycles. The van der Waals surface area contributed by atoms with Gasteiger partial charge in [-0.3, -0.25) is 0 Å². The molecule has 1 aromatic carbocycles. The third-order valence-electron chi connectivity index (χ3n) is 4.40. The Morgan fingerprint density at radius 1 is 1.29 bits per heavy atom. The molecular formula is C17H24F3IO2Si. The molecule has 0 heterocycles. The molecule has 1 atom stereocenters. The van der Waals surface area contributed by atoms with E-state index in [0.717, 1.165) is 12.1 Å². The fourth-order valence-electron chi connectivity index (χ4n) is 2.16. The Morgan fingerprint density at radius 3 is 2.42 bits per heavy atom. The van der Waals surface area contributed by atoms with Crippen LogP contribution in [0, 0.1) is 5.92 Å². The van der Waals surface area contributed by atoms with Gasteiger partial charge in [-0.05, 0) is 46.8 Å². The minimum Gasteiger partial charge on any atom is -0.493 e. The molecule has 1 rings (SSSR count). The molecule has 0 saturated heterocycles. The normalized spacial score (nSPS) is 14.9. The van der Waals surface area contributed by atoms with Crippen molar-refractivity contribution >= 4 is 30.9 Å². The largest absolute Gasteiger partial charge is 0.493 e. The van der Waals surface area contributed by atoms with Crippen LogP contribution < -0.4 is 4.74 Å². The topological polar surface area (TPSA) is 29.5 Å². The molecule has 2 nitrogen and oxygen atoms in total. The first-order chi connectivity index (χ1) is 10.9. The zero-order chi connectivity index (χ0) is 18.6. The summed E-state index contributed by atoms with van der Waals surface area (Å²) in [6.45, 7) is 8.11. The van der Waals surface area contributed by atoms with Gasteiger partial charge in [0.1, 0.15) is 5.75 Å². The average Bonchev–Trinajstić information content (AvgIpc) is 2.43. The van der Waals surface area contributed by atoms with Crippen molar-refractivity contribution in [3.63, 3.8) is 0 Å². The van der Waals surface area contributed by atoms with Gasteiger partial charge in [-0.15, -0.1) is 0 Å². The van der Waals surface area contributed by atoms with Crippen molar-refractivity contribution in [1.82, 2.24) is 0 Å². The third kappa shape index (κ3) is 6.40. The van der Waals surface area contributed by atoms with Crippen molar-refractivity contribution in [2.24, 2.45) is 5.92 Å². The maximum Gasteiger partial charge on any atom is 0.416 e. The van der Waals surface area contributed by atoms with Crippen LogP contribution in [0.1, 0.15) is 25.8 Å². The van der Waals surface area contributed by atoms with Crippen LogP contribution in [0.4, 0.5) is 13.2 Å². The minimum atomic E-state index is -4.38. The first-order valence-corrected chi connectivity index (χ1v) is 11.9. The maximum absolute atomic E-state index is 12.8. The van der Waals surface area contributed by atoms with E-state index in [4.69, 9.17) is 4.74 Å². The van der Waals surface area contributed by atoms with Crippen molar-refractivity contribution in [1.29, 1.82) is 0 Å². The quantitative estimate of drug-likeness (QED) is 0.389. The monoisotopic (exact) mass is 472 g/mol. The van der Waals surface area contributed by atoms with Crippen molar-refractivity contribution in [2.75, 3.05) is 6.61 Å². The van der Waals surface area contributed by atoms with Crippen molar-refractivity contribution in [2.45, 2.75) is 44.6 Å². The zero-order valence-electron chi connectivity index (χ0n) is 14.3. The predicted octanol–water partition coefficient (Wildman–Crippen LogP) is 6.02. The fraction of sp³-hybridized carbons (Fsp3) is 0.529. The van der Waals surface area contributed by atoms with E-state index in [0.29, 0.717) is 6.42 Å². The number of halogens is 4. The van der Waals surface area contributed by atoms with E-state index in [1.54, 1.807) is 0 Å². The minimum absolute atomic E-state index is 0.0189. The summed E-state index contributed by atoms with van der Waals surface area (Å²) in [5, 5.41) is -0.231. The van der Waals surface area contributed by atoms with Gasteiger partial charge in [0.25, 0.3) is 0 Å². The molecule has 0 fully saturated rings. The Bertz CT molecular complexity index is 566. The Hall–Kier alpha value is -0.543. The summed E-state index contributed by atoms with van der Waals surface area (Å²) in [6, 6.07) is 4.91. The fourth-order valence-corrected chi connectivity index (χ4v) is 3.51. The number of benzene rings is 1. The lowest BCUT2D eigenvalue weighted by molar-refractivity contribution is -0.137. The molecule has 24 heavy (non-hydrogen) atoms. The first-order valence-electron chi connectivity index (χ1n) is 7.66. The second-order valence-corrected chi connectivity index (χ2v) is 12.3. The number of hydrogen-bond acceptors (Lipinski definition) is 2. The number of rotatable bonds is 7. The van der Waals surface area contributed by atoms with Crippen LogP contribution in [0.25, 0.3) is 0 Å². The lowest BCUT2D eigenvalue weighted by atomic mass is 9.97. The molecule has 7 heteroatoms. The van der Waals surface area contributed by atoms with E-state index in [2.05, 4.69) is 22.6 Å². The van der Waals surface area contributed by atoms with E-state index in [9.17, 15) is 18.0 Å². The molecule has 0 spiro atoms. The molecule has 0 aliphatic rings. The van der Waals surface area contributed by atoms with Gasteiger partial charge in [0.15, 0.2) is 8.32 Å². The van der Waals surface area contributed by atoms with E-state index >= 15 is 0 Å². The molecular weight excluding hydrogens is 448 g/mol. The smallest absolute Gasteiger partial charge is 0.416 e. The Morgan fingerprint density at radius 2 is 1.92 bits per heavy atom. The standard InChI is InChI=1S/C17H24F3IO2Si/c1-16(2,24(3,4)22)11-13(8-9-21)12-23-15-7-5-6-14(10-15)17(18,19)20/h5-10,13,22H,11-12H2,1-4H3/b9-8+/t13-/m0/s1. The van der Waals surface area contributed by atoms with Gasteiger partial charge < -0.3 is 9.53 Å². The number of hydrogen-bond donors (Lipinski definition) is 1. The van der Waals surface area contributed by atoms with E-state index < -0.39 is 20.1 Å². The van der Waals surface area contributed by atoms with Crippen LogP contribution in [0.3, 0.4) is 0 Å². The molecule has 0 aliphatic heterocycles.